The molecule has 0 spiro atoms. The number of amides is 2. The Morgan fingerprint density at radius 2 is 1.88 bits per heavy atom. The Hall–Kier alpha value is -3.02. The van der Waals surface area contributed by atoms with Crippen LogP contribution in [-0.2, 0) is 19.6 Å². The second-order valence-electron chi connectivity index (χ2n) is 6.82. The lowest BCUT2D eigenvalue weighted by Gasteiger charge is -2.27. The monoisotopic (exact) mass is 465 g/mol. The molecule has 0 aliphatic carbocycles. The molecule has 1 aliphatic rings. The fourth-order valence-corrected chi connectivity index (χ4v) is 4.66. The number of nitrogens with one attached hydrogen (secondary N) is 2. The molecule has 3 rings (SSSR count). The number of sulfonamides is 1. The third-order valence-corrected chi connectivity index (χ3v) is 6.56. The number of hydrogen-bond donors (Lipinski definition) is 2. The van der Waals surface area contributed by atoms with Gasteiger partial charge in [-0.3, -0.25) is 9.59 Å². The van der Waals surface area contributed by atoms with Gasteiger partial charge >= 0.3 is 0 Å². The van der Waals surface area contributed by atoms with E-state index in [1.807, 2.05) is 0 Å². The molecule has 2 N–H and O–H groups in total. The number of ether oxygens (including phenoxy) is 2. The van der Waals surface area contributed by atoms with Gasteiger partial charge in [-0.1, -0.05) is 12.1 Å². The Balaban J connectivity index is 1.72. The lowest BCUT2D eigenvalue weighted by molar-refractivity contribution is -0.115. The summed E-state index contributed by atoms with van der Waals surface area (Å²) in [6.07, 6.45) is 0. The third-order valence-electron chi connectivity index (χ3n) is 4.64. The number of halogens is 1. The quantitative estimate of drug-likeness (QED) is 0.612. The van der Waals surface area contributed by atoms with Crippen molar-refractivity contribution in [3.05, 3.63) is 53.8 Å². The van der Waals surface area contributed by atoms with Crippen LogP contribution in [0.2, 0.25) is 0 Å². The Morgan fingerprint density at radius 3 is 2.56 bits per heavy atom. The lowest BCUT2D eigenvalue weighted by Crippen LogP contribution is -2.40. The number of carbonyl (C=O) groups is 2. The summed E-state index contributed by atoms with van der Waals surface area (Å²) in [7, 11) is -3.87. The van der Waals surface area contributed by atoms with Crippen LogP contribution >= 0.6 is 0 Å². The van der Waals surface area contributed by atoms with Crippen LogP contribution in [0.15, 0.2) is 47.4 Å². The molecule has 9 nitrogen and oxygen atoms in total. The van der Waals surface area contributed by atoms with E-state index < -0.39 is 34.2 Å². The van der Waals surface area contributed by atoms with E-state index in [1.54, 1.807) is 6.92 Å². The fraction of sp³-hybridized carbons (Fsp3) is 0.333. The first-order chi connectivity index (χ1) is 15.3. The van der Waals surface area contributed by atoms with E-state index in [4.69, 9.17) is 9.47 Å². The number of rotatable bonds is 8. The van der Waals surface area contributed by atoms with Crippen LogP contribution in [0.5, 0.6) is 5.75 Å². The zero-order valence-corrected chi connectivity index (χ0v) is 18.3. The minimum Gasteiger partial charge on any atom is -0.492 e. The van der Waals surface area contributed by atoms with Gasteiger partial charge in [-0.25, -0.2) is 12.8 Å². The van der Waals surface area contributed by atoms with Crippen LogP contribution in [0.25, 0.3) is 0 Å². The lowest BCUT2D eigenvalue weighted by atomic mass is 10.2. The van der Waals surface area contributed by atoms with Gasteiger partial charge in [-0.2, -0.15) is 4.31 Å². The molecular formula is C21H24FN3O6S. The van der Waals surface area contributed by atoms with Gasteiger partial charge < -0.3 is 20.1 Å². The number of benzene rings is 2. The standard InChI is InChI=1S/C21H24FN3O6S/c1-2-31-18-8-7-15(13-19(18)32(28,29)25-9-11-30-12-10-25)24-20(26)14-23-21(27)16-5-3-4-6-17(16)22/h3-8,13H,2,9-12,14H2,1H3,(H,23,27)(H,24,26). The smallest absolute Gasteiger partial charge is 0.254 e. The van der Waals surface area contributed by atoms with Crippen molar-refractivity contribution < 1.29 is 31.9 Å². The van der Waals surface area contributed by atoms with E-state index in [1.165, 1.54) is 40.7 Å². The maximum atomic E-state index is 13.7. The number of anilines is 1. The molecule has 1 fully saturated rings. The molecule has 2 aromatic carbocycles. The van der Waals surface area contributed by atoms with Crippen LogP contribution in [-0.4, -0.2) is 64.0 Å². The first kappa shape index (κ1) is 23.6. The number of nitrogens with zero attached hydrogens (tertiary/aromatic N) is 1. The van der Waals surface area contributed by atoms with Crippen molar-refractivity contribution in [1.82, 2.24) is 9.62 Å². The first-order valence-electron chi connectivity index (χ1n) is 10.00. The third kappa shape index (κ3) is 5.61. The fourth-order valence-electron chi connectivity index (χ4n) is 3.09. The van der Waals surface area contributed by atoms with Gasteiger partial charge in [0, 0.05) is 18.8 Å². The van der Waals surface area contributed by atoms with E-state index in [0.717, 1.165) is 6.07 Å². The van der Waals surface area contributed by atoms with Crippen molar-refractivity contribution in [2.45, 2.75) is 11.8 Å². The molecular weight excluding hydrogens is 441 g/mol. The van der Waals surface area contributed by atoms with E-state index in [2.05, 4.69) is 10.6 Å². The number of hydrogen-bond acceptors (Lipinski definition) is 6. The molecule has 0 saturated carbocycles. The molecule has 2 amide bonds. The summed E-state index contributed by atoms with van der Waals surface area (Å²) in [4.78, 5) is 24.3. The zero-order chi connectivity index (χ0) is 23.1. The van der Waals surface area contributed by atoms with E-state index in [-0.39, 0.29) is 41.6 Å². The van der Waals surface area contributed by atoms with Crippen molar-refractivity contribution >= 4 is 27.5 Å². The van der Waals surface area contributed by atoms with Gasteiger partial charge in [-0.05, 0) is 37.3 Å². The second-order valence-corrected chi connectivity index (χ2v) is 8.73. The molecule has 0 atom stereocenters. The highest BCUT2D eigenvalue weighted by atomic mass is 32.2. The summed E-state index contributed by atoms with van der Waals surface area (Å²) in [5, 5.41) is 4.87. The minimum absolute atomic E-state index is 0.0746. The maximum Gasteiger partial charge on any atom is 0.254 e. The molecule has 0 aromatic heterocycles. The molecule has 1 saturated heterocycles. The minimum atomic E-state index is -3.87. The SMILES string of the molecule is CCOc1ccc(NC(=O)CNC(=O)c2ccccc2F)cc1S(=O)(=O)N1CCOCC1. The summed E-state index contributed by atoms with van der Waals surface area (Å²) >= 11 is 0. The highest BCUT2D eigenvalue weighted by Crippen LogP contribution is 2.30. The van der Waals surface area contributed by atoms with Crippen molar-refractivity contribution in [3.8, 4) is 5.75 Å². The predicted molar refractivity (Wildman–Crippen MR) is 115 cm³/mol. The average molecular weight is 466 g/mol. The van der Waals surface area contributed by atoms with Crippen LogP contribution in [0.4, 0.5) is 10.1 Å². The molecule has 0 radical (unpaired) electrons. The van der Waals surface area contributed by atoms with Gasteiger partial charge in [0.1, 0.15) is 16.5 Å². The van der Waals surface area contributed by atoms with Crippen LogP contribution < -0.4 is 15.4 Å². The molecule has 0 unspecified atom stereocenters. The Kier molecular flexibility index (Phi) is 7.78. The first-order valence-corrected chi connectivity index (χ1v) is 11.4. The molecule has 11 heteroatoms. The Labute approximate surface area is 185 Å². The van der Waals surface area contributed by atoms with Crippen molar-refractivity contribution in [2.24, 2.45) is 0 Å². The van der Waals surface area contributed by atoms with E-state index in [0.29, 0.717) is 13.2 Å². The highest BCUT2D eigenvalue weighted by Gasteiger charge is 2.29. The van der Waals surface area contributed by atoms with Crippen LogP contribution in [0.3, 0.4) is 0 Å². The highest BCUT2D eigenvalue weighted by molar-refractivity contribution is 7.89. The Morgan fingerprint density at radius 1 is 1.16 bits per heavy atom. The molecule has 172 valence electrons. The summed E-state index contributed by atoms with van der Waals surface area (Å²) < 4.78 is 51.9. The van der Waals surface area contributed by atoms with Crippen molar-refractivity contribution in [3.63, 3.8) is 0 Å². The summed E-state index contributed by atoms with van der Waals surface area (Å²) in [6, 6.07) is 9.68. The second kappa shape index (κ2) is 10.5. The molecule has 2 aromatic rings. The van der Waals surface area contributed by atoms with Crippen molar-refractivity contribution in [2.75, 3.05) is 44.8 Å². The number of morpholine rings is 1. The summed E-state index contributed by atoms with van der Waals surface area (Å²) in [5.41, 5.74) is 0.0330. The summed E-state index contributed by atoms with van der Waals surface area (Å²) in [5.74, 6) is -1.87. The van der Waals surface area contributed by atoms with Gasteiger partial charge in [-0.15, -0.1) is 0 Å². The van der Waals surface area contributed by atoms with Crippen LogP contribution in [0.1, 0.15) is 17.3 Å². The van der Waals surface area contributed by atoms with Gasteiger partial charge in [0.15, 0.2) is 0 Å². The summed E-state index contributed by atoms with van der Waals surface area (Å²) in [6.45, 7) is 2.59. The molecule has 32 heavy (non-hydrogen) atoms. The normalized spacial score (nSPS) is 14.6. The van der Waals surface area contributed by atoms with Gasteiger partial charge in [0.2, 0.25) is 15.9 Å². The van der Waals surface area contributed by atoms with Gasteiger partial charge in [0.05, 0.1) is 31.9 Å². The zero-order valence-electron chi connectivity index (χ0n) is 17.5. The molecule has 1 aliphatic heterocycles. The van der Waals surface area contributed by atoms with Crippen molar-refractivity contribution in [1.29, 1.82) is 0 Å². The average Bonchev–Trinajstić information content (AvgIpc) is 2.79. The largest absolute Gasteiger partial charge is 0.492 e. The van der Waals surface area contributed by atoms with Crippen LogP contribution in [0, 0.1) is 5.82 Å². The topological polar surface area (TPSA) is 114 Å². The number of carbonyl (C=O) groups excluding carboxylic acids is 2. The van der Waals surface area contributed by atoms with Gasteiger partial charge in [0.25, 0.3) is 5.91 Å². The molecule has 0 bridgehead atoms. The maximum absolute atomic E-state index is 13.7. The predicted octanol–water partition coefficient (Wildman–Crippen LogP) is 1.61. The molecule has 1 heterocycles. The van der Waals surface area contributed by atoms with E-state index >= 15 is 0 Å². The van der Waals surface area contributed by atoms with E-state index in [9.17, 15) is 22.4 Å². The Bertz CT molecular complexity index is 1090.